The summed E-state index contributed by atoms with van der Waals surface area (Å²) < 4.78 is 71.4. The van der Waals surface area contributed by atoms with Gasteiger partial charge in [0.1, 0.15) is 0 Å². The summed E-state index contributed by atoms with van der Waals surface area (Å²) in [5.74, 6) is -5.65. The Morgan fingerprint density at radius 3 is 2.38 bits per heavy atom. The number of hydrogen-bond donors (Lipinski definition) is 1. The first-order valence-corrected chi connectivity index (χ1v) is 7.82. The number of halogens is 6. The van der Waals surface area contributed by atoms with Gasteiger partial charge in [-0.2, -0.15) is 8.78 Å². The minimum Gasteiger partial charge on any atom is -0.346 e. The third-order valence-corrected chi connectivity index (χ3v) is 3.95. The summed E-state index contributed by atoms with van der Waals surface area (Å²) in [4.78, 5) is 11.1. The molecule has 1 N–H and O–H groups in total. The van der Waals surface area contributed by atoms with E-state index in [1.165, 1.54) is 0 Å². The van der Waals surface area contributed by atoms with Crippen LogP contribution < -0.4 is 5.32 Å². The molecule has 0 saturated heterocycles. The zero-order valence-electron chi connectivity index (χ0n) is 9.92. The molecule has 1 aromatic carbocycles. The number of carbonyl (C=O) groups is 1. The zero-order valence-corrected chi connectivity index (χ0v) is 12.2. The molecule has 4 nitrogen and oxygen atoms in total. The van der Waals surface area contributed by atoms with Gasteiger partial charge in [0.25, 0.3) is 15.0 Å². The number of hydrogen-bond acceptors (Lipinski definition) is 3. The first-order chi connectivity index (χ1) is 9.45. The van der Waals surface area contributed by atoms with E-state index < -0.39 is 44.3 Å². The molecule has 21 heavy (non-hydrogen) atoms. The van der Waals surface area contributed by atoms with Crippen LogP contribution >= 0.6 is 22.3 Å². The molecule has 118 valence electrons. The van der Waals surface area contributed by atoms with Crippen LogP contribution in [0.3, 0.4) is 0 Å². The van der Waals surface area contributed by atoms with Gasteiger partial charge in [0.2, 0.25) is 0 Å². The summed E-state index contributed by atoms with van der Waals surface area (Å²) in [5, 5.41) is 1.30. The van der Waals surface area contributed by atoms with E-state index in [-0.39, 0.29) is 5.02 Å². The molecular weight excluding hydrogens is 361 g/mol. The lowest BCUT2D eigenvalue weighted by Gasteiger charge is -2.16. The van der Waals surface area contributed by atoms with Crippen molar-refractivity contribution in [1.82, 2.24) is 5.32 Å². The summed E-state index contributed by atoms with van der Waals surface area (Å²) in [7, 11) is 0.890. The molecule has 0 bridgehead atoms. The topological polar surface area (TPSA) is 63.2 Å². The molecule has 0 aliphatic rings. The molecule has 0 saturated carbocycles. The van der Waals surface area contributed by atoms with Crippen LogP contribution in [0.15, 0.2) is 23.1 Å². The number of alkyl halides is 4. The molecule has 0 radical (unpaired) electrons. The Labute approximate surface area is 126 Å². The van der Waals surface area contributed by atoms with Gasteiger partial charge >= 0.3 is 12.3 Å². The highest BCUT2D eigenvalue weighted by molar-refractivity contribution is 8.13. The van der Waals surface area contributed by atoms with Crippen LogP contribution in [-0.4, -0.2) is 33.2 Å². The molecule has 0 heterocycles. The Morgan fingerprint density at radius 2 is 1.90 bits per heavy atom. The average molecular weight is 368 g/mol. The Hall–Kier alpha value is -1.06. The van der Waals surface area contributed by atoms with E-state index in [9.17, 15) is 30.8 Å². The molecule has 0 aliphatic heterocycles. The van der Waals surface area contributed by atoms with E-state index in [0.29, 0.717) is 0 Å². The minimum atomic E-state index is -4.42. The average Bonchev–Trinajstić information content (AvgIpc) is 2.35. The lowest BCUT2D eigenvalue weighted by molar-refractivity contribution is -0.123. The molecule has 1 rings (SSSR count). The van der Waals surface area contributed by atoms with Gasteiger partial charge in [-0.3, -0.25) is 4.79 Å². The van der Waals surface area contributed by atoms with E-state index in [1.54, 1.807) is 5.32 Å². The van der Waals surface area contributed by atoms with Crippen LogP contribution in [0.5, 0.6) is 0 Å². The number of amides is 1. The van der Waals surface area contributed by atoms with Gasteiger partial charge in [-0.25, -0.2) is 17.2 Å². The van der Waals surface area contributed by atoms with Crippen molar-refractivity contribution in [2.24, 2.45) is 0 Å². The molecule has 0 unspecified atom stereocenters. The highest BCUT2D eigenvalue weighted by Crippen LogP contribution is 2.24. The maximum Gasteiger partial charge on any atom is 0.324 e. The molecular formula is C10H7Cl2F4NO3S. The molecule has 0 fully saturated rings. The van der Waals surface area contributed by atoms with Crippen molar-refractivity contribution < 1.29 is 30.8 Å². The Bertz CT molecular complexity index is 652. The van der Waals surface area contributed by atoms with Crippen LogP contribution in [0, 0.1) is 0 Å². The molecule has 1 amide bonds. The summed E-state index contributed by atoms with van der Waals surface area (Å²) in [5.41, 5.74) is -0.483. The van der Waals surface area contributed by atoms with Crippen LogP contribution in [0.2, 0.25) is 5.02 Å². The molecule has 0 spiro atoms. The lowest BCUT2D eigenvalue weighted by Crippen LogP contribution is -2.41. The highest BCUT2D eigenvalue weighted by atomic mass is 35.7. The van der Waals surface area contributed by atoms with E-state index in [2.05, 4.69) is 0 Å². The quantitative estimate of drug-likeness (QED) is 0.642. The largest absolute Gasteiger partial charge is 0.346 e. The van der Waals surface area contributed by atoms with Gasteiger partial charge in [0.15, 0.2) is 0 Å². The number of benzene rings is 1. The smallest absolute Gasteiger partial charge is 0.324 e. The number of nitrogens with one attached hydrogen (secondary N) is 1. The second-order valence-electron chi connectivity index (χ2n) is 3.82. The number of carbonyl (C=O) groups excluding carboxylic acids is 1. The van der Waals surface area contributed by atoms with Crippen molar-refractivity contribution in [2.75, 3.05) is 6.54 Å². The molecule has 11 heteroatoms. The fraction of sp³-hybridized carbons (Fsp3) is 0.300. The Kier molecular flexibility index (Phi) is 5.46. The third kappa shape index (κ3) is 4.72. The second kappa shape index (κ2) is 6.37. The van der Waals surface area contributed by atoms with E-state index >= 15 is 0 Å². The van der Waals surface area contributed by atoms with Gasteiger partial charge in [0.05, 0.1) is 22.0 Å². The third-order valence-electron chi connectivity index (χ3n) is 2.27. The summed E-state index contributed by atoms with van der Waals surface area (Å²) in [6.45, 7) is -1.63. The summed E-state index contributed by atoms with van der Waals surface area (Å²) >= 11 is 5.62. The van der Waals surface area contributed by atoms with Crippen molar-refractivity contribution in [2.45, 2.75) is 17.2 Å². The Morgan fingerprint density at radius 1 is 1.33 bits per heavy atom. The van der Waals surface area contributed by atoms with Gasteiger partial charge in [-0.15, -0.1) is 0 Å². The minimum absolute atomic E-state index is 0.253. The van der Waals surface area contributed by atoms with Crippen LogP contribution in [0.25, 0.3) is 0 Å². The van der Waals surface area contributed by atoms with Gasteiger partial charge in [-0.1, -0.05) is 11.6 Å². The summed E-state index contributed by atoms with van der Waals surface area (Å²) in [6.07, 6.45) is -3.96. The van der Waals surface area contributed by atoms with Crippen LogP contribution in [0.4, 0.5) is 17.6 Å². The molecule has 0 aromatic heterocycles. The van der Waals surface area contributed by atoms with Crippen molar-refractivity contribution in [3.63, 3.8) is 0 Å². The molecule has 0 aliphatic carbocycles. The fourth-order valence-electron chi connectivity index (χ4n) is 1.20. The highest BCUT2D eigenvalue weighted by Gasteiger charge is 2.41. The lowest BCUT2D eigenvalue weighted by atomic mass is 10.2. The normalized spacial score (nSPS) is 12.5. The number of rotatable bonds is 5. The second-order valence-corrected chi connectivity index (χ2v) is 6.80. The van der Waals surface area contributed by atoms with Gasteiger partial charge < -0.3 is 5.32 Å². The monoisotopic (exact) mass is 367 g/mol. The predicted octanol–water partition coefficient (Wildman–Crippen LogP) is 2.90. The SMILES string of the molecule is O=C(NCC(F)(F)C(F)F)c1cc(S(=O)(=O)Cl)ccc1Cl. The van der Waals surface area contributed by atoms with Gasteiger partial charge in [0, 0.05) is 10.7 Å². The van der Waals surface area contributed by atoms with Crippen molar-refractivity contribution in [3.8, 4) is 0 Å². The fourth-order valence-corrected chi connectivity index (χ4v) is 2.18. The predicted molar refractivity (Wildman–Crippen MR) is 67.8 cm³/mol. The zero-order chi connectivity index (χ0) is 16.4. The maximum absolute atomic E-state index is 12.7. The van der Waals surface area contributed by atoms with Crippen molar-refractivity contribution in [1.29, 1.82) is 0 Å². The molecule has 1 aromatic rings. The van der Waals surface area contributed by atoms with E-state index in [0.717, 1.165) is 18.2 Å². The standard InChI is InChI=1S/C10H7Cl2F4NO3S/c11-7-2-1-5(21(12,19)20)3-6(7)8(18)17-4-10(15,16)9(13)14/h1-3,9H,4H2,(H,17,18). The first-order valence-electron chi connectivity index (χ1n) is 5.13. The summed E-state index contributed by atoms with van der Waals surface area (Å²) in [6, 6.07) is 2.76. The van der Waals surface area contributed by atoms with Gasteiger partial charge in [-0.05, 0) is 18.2 Å². The van der Waals surface area contributed by atoms with Crippen LogP contribution in [0.1, 0.15) is 10.4 Å². The van der Waals surface area contributed by atoms with Crippen LogP contribution in [-0.2, 0) is 9.05 Å². The maximum atomic E-state index is 12.7. The van der Waals surface area contributed by atoms with E-state index in [4.69, 9.17) is 22.3 Å². The van der Waals surface area contributed by atoms with Crippen molar-refractivity contribution in [3.05, 3.63) is 28.8 Å². The first kappa shape index (κ1) is 18.0. The van der Waals surface area contributed by atoms with E-state index in [1.807, 2.05) is 0 Å². The Balaban J connectivity index is 2.98. The van der Waals surface area contributed by atoms with Crippen molar-refractivity contribution >= 4 is 37.2 Å². The molecule has 0 atom stereocenters.